The van der Waals surface area contributed by atoms with Gasteiger partial charge in [-0.2, -0.15) is 0 Å². The fourth-order valence-corrected chi connectivity index (χ4v) is 4.03. The van der Waals surface area contributed by atoms with E-state index in [9.17, 15) is 5.11 Å². The Morgan fingerprint density at radius 2 is 2.24 bits per heavy atom. The molecule has 0 aromatic heterocycles. The summed E-state index contributed by atoms with van der Waals surface area (Å²) >= 11 is 0. The minimum atomic E-state index is 0.274. The van der Waals surface area contributed by atoms with Crippen LogP contribution in [0.3, 0.4) is 0 Å². The molecule has 1 aromatic carbocycles. The average molecular weight is 231 g/mol. The molecule has 1 aliphatic carbocycles. The second-order valence-electron chi connectivity index (χ2n) is 5.80. The zero-order valence-corrected chi connectivity index (χ0v) is 10.7. The molecule has 0 spiro atoms. The van der Waals surface area contributed by atoms with Gasteiger partial charge in [0.25, 0.3) is 0 Å². The smallest absolute Gasteiger partial charge is 0.115 e. The molecule has 1 heterocycles. The normalized spacial score (nSPS) is 37.3. The third kappa shape index (κ3) is 1.50. The lowest BCUT2D eigenvalue weighted by atomic mass is 9.67. The first kappa shape index (κ1) is 11.1. The van der Waals surface area contributed by atoms with Crippen LogP contribution in [0.4, 0.5) is 0 Å². The molecule has 0 amide bonds. The molecule has 92 valence electrons. The van der Waals surface area contributed by atoms with Crippen LogP contribution in [0.5, 0.6) is 5.75 Å². The summed E-state index contributed by atoms with van der Waals surface area (Å²) in [6.45, 7) is 2.34. The standard InChI is InChI=1S/C15H21NO/c1-11-15(12-5-3-7-14(17)9-12)8-4-6-13(10-15)16(11)2/h3,5,7,9,11,13,17H,4,6,8,10H2,1-2H3/t11?,13?,15-/m0/s1. The fourth-order valence-electron chi connectivity index (χ4n) is 4.03. The van der Waals surface area contributed by atoms with E-state index < -0.39 is 0 Å². The van der Waals surface area contributed by atoms with Gasteiger partial charge in [-0.25, -0.2) is 0 Å². The van der Waals surface area contributed by atoms with Crippen molar-refractivity contribution >= 4 is 0 Å². The van der Waals surface area contributed by atoms with Gasteiger partial charge in [0.05, 0.1) is 0 Å². The number of hydrogen-bond donors (Lipinski definition) is 1. The van der Waals surface area contributed by atoms with Crippen molar-refractivity contribution in [1.29, 1.82) is 0 Å². The van der Waals surface area contributed by atoms with Gasteiger partial charge >= 0.3 is 0 Å². The Morgan fingerprint density at radius 3 is 3.00 bits per heavy atom. The van der Waals surface area contributed by atoms with Gasteiger partial charge in [0, 0.05) is 17.5 Å². The number of benzene rings is 1. The summed E-state index contributed by atoms with van der Waals surface area (Å²) in [5, 5.41) is 9.71. The Kier molecular flexibility index (Phi) is 2.44. The van der Waals surface area contributed by atoms with E-state index in [1.54, 1.807) is 6.07 Å². The minimum absolute atomic E-state index is 0.274. The molecule has 3 rings (SSSR count). The zero-order chi connectivity index (χ0) is 12.0. The molecule has 1 aliphatic heterocycles. The van der Waals surface area contributed by atoms with E-state index in [4.69, 9.17) is 0 Å². The van der Waals surface area contributed by atoms with Crippen LogP contribution < -0.4 is 0 Å². The molecule has 1 N–H and O–H groups in total. The largest absolute Gasteiger partial charge is 0.508 e. The van der Waals surface area contributed by atoms with Crippen LogP contribution in [-0.4, -0.2) is 29.1 Å². The highest BCUT2D eigenvalue weighted by Gasteiger charge is 2.51. The highest BCUT2D eigenvalue weighted by atomic mass is 16.3. The van der Waals surface area contributed by atoms with Crippen molar-refractivity contribution in [3.63, 3.8) is 0 Å². The zero-order valence-electron chi connectivity index (χ0n) is 10.7. The average Bonchev–Trinajstić information content (AvgIpc) is 2.52. The molecule has 1 saturated carbocycles. The Labute approximate surface area is 103 Å². The van der Waals surface area contributed by atoms with Gasteiger partial charge in [0.1, 0.15) is 5.75 Å². The number of nitrogens with zero attached hydrogens (tertiary/aromatic N) is 1. The summed E-state index contributed by atoms with van der Waals surface area (Å²) < 4.78 is 0. The third-order valence-corrected chi connectivity index (χ3v) is 5.17. The van der Waals surface area contributed by atoms with Crippen molar-refractivity contribution in [3.05, 3.63) is 29.8 Å². The van der Waals surface area contributed by atoms with E-state index in [2.05, 4.69) is 24.9 Å². The van der Waals surface area contributed by atoms with Gasteiger partial charge in [-0.15, -0.1) is 0 Å². The van der Waals surface area contributed by atoms with Crippen LogP contribution >= 0.6 is 0 Å². The van der Waals surface area contributed by atoms with Gasteiger partial charge in [-0.1, -0.05) is 18.6 Å². The molecule has 2 unspecified atom stereocenters. The second-order valence-corrected chi connectivity index (χ2v) is 5.80. The van der Waals surface area contributed by atoms with Crippen molar-refractivity contribution in [2.75, 3.05) is 7.05 Å². The van der Waals surface area contributed by atoms with Gasteiger partial charge in [-0.05, 0) is 50.9 Å². The van der Waals surface area contributed by atoms with E-state index in [0.29, 0.717) is 11.8 Å². The summed E-state index contributed by atoms with van der Waals surface area (Å²) in [7, 11) is 2.26. The van der Waals surface area contributed by atoms with Crippen molar-refractivity contribution < 1.29 is 5.11 Å². The first-order valence-electron chi connectivity index (χ1n) is 6.65. The van der Waals surface area contributed by atoms with E-state index >= 15 is 0 Å². The van der Waals surface area contributed by atoms with Crippen molar-refractivity contribution in [2.24, 2.45) is 0 Å². The molecule has 17 heavy (non-hydrogen) atoms. The van der Waals surface area contributed by atoms with Crippen molar-refractivity contribution in [1.82, 2.24) is 4.90 Å². The number of fused-ring (bicyclic) bond motifs is 2. The predicted molar refractivity (Wildman–Crippen MR) is 69.3 cm³/mol. The fraction of sp³-hybridized carbons (Fsp3) is 0.600. The lowest BCUT2D eigenvalue weighted by molar-refractivity contribution is 0.239. The first-order chi connectivity index (χ1) is 8.13. The van der Waals surface area contributed by atoms with Crippen LogP contribution in [0.25, 0.3) is 0 Å². The number of likely N-dealkylation sites (N-methyl/N-ethyl adjacent to an activating group) is 1. The van der Waals surface area contributed by atoms with E-state index in [-0.39, 0.29) is 5.41 Å². The molecular weight excluding hydrogens is 210 g/mol. The van der Waals surface area contributed by atoms with Crippen LogP contribution in [0.2, 0.25) is 0 Å². The topological polar surface area (TPSA) is 23.5 Å². The first-order valence-corrected chi connectivity index (χ1v) is 6.65. The molecule has 2 aliphatic rings. The molecule has 0 radical (unpaired) electrons. The lowest BCUT2D eigenvalue weighted by Crippen LogP contribution is -2.38. The van der Waals surface area contributed by atoms with E-state index in [1.165, 1.54) is 31.2 Å². The summed E-state index contributed by atoms with van der Waals surface area (Å²) in [5.41, 5.74) is 1.61. The number of likely N-dealkylation sites (tertiary alicyclic amines) is 1. The van der Waals surface area contributed by atoms with Crippen LogP contribution in [-0.2, 0) is 5.41 Å². The summed E-state index contributed by atoms with van der Waals surface area (Å²) in [4.78, 5) is 2.54. The number of aromatic hydroxyl groups is 1. The quantitative estimate of drug-likeness (QED) is 0.803. The summed E-state index contributed by atoms with van der Waals surface area (Å²) in [5.74, 6) is 0.403. The van der Waals surface area contributed by atoms with Crippen LogP contribution in [0.1, 0.15) is 38.2 Å². The molecule has 1 aromatic rings. The Morgan fingerprint density at radius 1 is 1.41 bits per heavy atom. The van der Waals surface area contributed by atoms with Gasteiger partial charge in [0.15, 0.2) is 0 Å². The van der Waals surface area contributed by atoms with E-state index in [0.717, 1.165) is 6.04 Å². The van der Waals surface area contributed by atoms with Gasteiger partial charge in [0.2, 0.25) is 0 Å². The van der Waals surface area contributed by atoms with Gasteiger partial charge in [-0.3, -0.25) is 4.90 Å². The molecule has 3 atom stereocenters. The van der Waals surface area contributed by atoms with Crippen molar-refractivity contribution in [3.8, 4) is 5.75 Å². The molecule has 2 heteroatoms. The number of phenolic OH excluding ortho intramolecular Hbond substituents is 1. The van der Waals surface area contributed by atoms with Crippen LogP contribution in [0.15, 0.2) is 24.3 Å². The number of phenols is 1. The monoisotopic (exact) mass is 231 g/mol. The maximum absolute atomic E-state index is 9.71. The minimum Gasteiger partial charge on any atom is -0.508 e. The SMILES string of the molecule is CC1N(C)C2CCC[C@]1(c1cccc(O)c1)C2. The van der Waals surface area contributed by atoms with Gasteiger partial charge < -0.3 is 5.11 Å². The summed E-state index contributed by atoms with van der Waals surface area (Å²) in [6.07, 6.45) is 5.17. The second kappa shape index (κ2) is 3.74. The lowest BCUT2D eigenvalue weighted by Gasteiger charge is -2.36. The molecule has 1 saturated heterocycles. The molecule has 2 fully saturated rings. The Bertz CT molecular complexity index is 431. The van der Waals surface area contributed by atoms with Crippen LogP contribution in [0, 0.1) is 0 Å². The van der Waals surface area contributed by atoms with E-state index in [1.807, 2.05) is 12.1 Å². The Hall–Kier alpha value is -1.02. The number of hydrogen-bond acceptors (Lipinski definition) is 2. The third-order valence-electron chi connectivity index (χ3n) is 5.17. The maximum atomic E-state index is 9.71. The molecule has 2 nitrogen and oxygen atoms in total. The highest BCUT2D eigenvalue weighted by molar-refractivity contribution is 5.36. The number of rotatable bonds is 1. The summed E-state index contributed by atoms with van der Waals surface area (Å²) in [6, 6.07) is 9.23. The Balaban J connectivity index is 2.05. The molecule has 2 bridgehead atoms. The molecular formula is C15H21NO. The highest BCUT2D eigenvalue weighted by Crippen LogP contribution is 2.51. The maximum Gasteiger partial charge on any atom is 0.115 e. The predicted octanol–water partition coefficient (Wildman–Crippen LogP) is 2.91. The van der Waals surface area contributed by atoms with Crippen molar-refractivity contribution in [2.45, 2.75) is 50.1 Å².